The van der Waals surface area contributed by atoms with Crippen molar-refractivity contribution in [3.8, 4) is 0 Å². The zero-order valence-corrected chi connectivity index (χ0v) is 13.0. The summed E-state index contributed by atoms with van der Waals surface area (Å²) in [5, 5.41) is 9.94. The first-order valence-corrected chi connectivity index (χ1v) is 8.31. The topological polar surface area (TPSA) is 61.4 Å². The number of aromatic nitrogens is 4. The summed E-state index contributed by atoms with van der Waals surface area (Å²) in [6.45, 7) is 0.850. The van der Waals surface area contributed by atoms with Crippen LogP contribution in [0.2, 0.25) is 0 Å². The largest absolute Gasteiger partial charge is 0.377 e. The molecule has 1 aromatic carbocycles. The van der Waals surface area contributed by atoms with Crippen molar-refractivity contribution in [3.63, 3.8) is 0 Å². The summed E-state index contributed by atoms with van der Waals surface area (Å²) in [6, 6.07) is 7.57. The molecule has 4 rings (SSSR count). The van der Waals surface area contributed by atoms with E-state index in [9.17, 15) is 4.79 Å². The second kappa shape index (κ2) is 5.40. The maximum Gasteiger partial charge on any atom is 0.262 e. The molecular formula is C15H16N4O2S. The van der Waals surface area contributed by atoms with Gasteiger partial charge in [-0.2, -0.15) is 0 Å². The molecule has 1 fully saturated rings. The average Bonchev–Trinajstić information content (AvgIpc) is 3.20. The van der Waals surface area contributed by atoms with Crippen molar-refractivity contribution >= 4 is 28.4 Å². The first-order chi connectivity index (χ1) is 10.8. The fourth-order valence-electron chi connectivity index (χ4n) is 2.85. The van der Waals surface area contributed by atoms with Crippen LogP contribution >= 0.6 is 11.8 Å². The van der Waals surface area contributed by atoms with Gasteiger partial charge in [0, 0.05) is 19.4 Å². The molecule has 1 saturated heterocycles. The number of aryl methyl sites for hydroxylation is 1. The van der Waals surface area contributed by atoms with Crippen LogP contribution in [0.5, 0.6) is 0 Å². The predicted octanol–water partition coefficient (Wildman–Crippen LogP) is 1.85. The summed E-state index contributed by atoms with van der Waals surface area (Å²) in [6.07, 6.45) is 2.52. The van der Waals surface area contributed by atoms with Crippen molar-refractivity contribution in [3.05, 3.63) is 34.6 Å². The zero-order chi connectivity index (χ0) is 15.1. The van der Waals surface area contributed by atoms with Gasteiger partial charge in [-0.05, 0) is 25.0 Å². The summed E-state index contributed by atoms with van der Waals surface area (Å²) in [5.74, 6) is 1.43. The molecule has 0 radical (unpaired) electrons. The number of rotatable bonds is 3. The highest BCUT2D eigenvalue weighted by Gasteiger charge is 2.19. The number of hydrogen-bond donors (Lipinski definition) is 0. The van der Waals surface area contributed by atoms with Gasteiger partial charge < -0.3 is 4.74 Å². The normalized spacial score (nSPS) is 18.5. The Hall–Kier alpha value is -1.86. The lowest BCUT2D eigenvalue weighted by Crippen LogP contribution is -2.20. The predicted molar refractivity (Wildman–Crippen MR) is 85.4 cm³/mol. The maximum atomic E-state index is 12.4. The van der Waals surface area contributed by atoms with Gasteiger partial charge in [-0.15, -0.1) is 10.2 Å². The van der Waals surface area contributed by atoms with E-state index in [1.165, 1.54) is 0 Å². The number of fused-ring (bicyclic) bond motifs is 3. The third kappa shape index (κ3) is 2.12. The minimum Gasteiger partial charge on any atom is -0.377 e. The second-order valence-electron chi connectivity index (χ2n) is 5.45. The van der Waals surface area contributed by atoms with Gasteiger partial charge in [0.25, 0.3) is 5.56 Å². The molecule has 0 aliphatic carbocycles. The van der Waals surface area contributed by atoms with Crippen LogP contribution in [0.25, 0.3) is 16.7 Å². The van der Waals surface area contributed by atoms with E-state index < -0.39 is 0 Å². The highest BCUT2D eigenvalue weighted by Crippen LogP contribution is 2.24. The molecule has 0 N–H and O–H groups in total. The van der Waals surface area contributed by atoms with Crippen LogP contribution in [0.15, 0.2) is 34.2 Å². The van der Waals surface area contributed by atoms with Gasteiger partial charge in [0.05, 0.1) is 17.0 Å². The molecule has 7 heteroatoms. The maximum absolute atomic E-state index is 12.4. The first-order valence-electron chi connectivity index (χ1n) is 7.33. The van der Waals surface area contributed by atoms with E-state index in [0.717, 1.165) is 35.9 Å². The Bertz CT molecular complexity index is 896. The molecule has 22 heavy (non-hydrogen) atoms. The van der Waals surface area contributed by atoms with Gasteiger partial charge >= 0.3 is 0 Å². The van der Waals surface area contributed by atoms with E-state index in [0.29, 0.717) is 11.2 Å². The lowest BCUT2D eigenvalue weighted by molar-refractivity contribution is 0.129. The number of ether oxygens (including phenoxy) is 1. The van der Waals surface area contributed by atoms with Crippen molar-refractivity contribution in [1.29, 1.82) is 0 Å². The van der Waals surface area contributed by atoms with Gasteiger partial charge in [0.15, 0.2) is 5.16 Å². The van der Waals surface area contributed by atoms with Gasteiger partial charge in [0.1, 0.15) is 0 Å². The van der Waals surface area contributed by atoms with Crippen molar-refractivity contribution in [1.82, 2.24) is 19.2 Å². The Morgan fingerprint density at radius 2 is 2.23 bits per heavy atom. The van der Waals surface area contributed by atoms with E-state index in [4.69, 9.17) is 4.74 Å². The third-order valence-electron chi connectivity index (χ3n) is 4.02. The van der Waals surface area contributed by atoms with Crippen LogP contribution in [0.3, 0.4) is 0 Å². The molecule has 1 aliphatic rings. The van der Waals surface area contributed by atoms with Crippen molar-refractivity contribution < 1.29 is 4.74 Å². The molecule has 3 aromatic rings. The number of hydrogen-bond acceptors (Lipinski definition) is 5. The second-order valence-corrected chi connectivity index (χ2v) is 6.43. The van der Waals surface area contributed by atoms with Gasteiger partial charge in [-0.25, -0.2) is 0 Å². The lowest BCUT2D eigenvalue weighted by atomic mass is 10.2. The fourth-order valence-corrected chi connectivity index (χ4v) is 3.85. The summed E-state index contributed by atoms with van der Waals surface area (Å²) >= 11 is 1.63. The molecule has 0 amide bonds. The van der Waals surface area contributed by atoms with E-state index in [-0.39, 0.29) is 11.7 Å². The highest BCUT2D eigenvalue weighted by molar-refractivity contribution is 7.99. The van der Waals surface area contributed by atoms with E-state index in [2.05, 4.69) is 10.2 Å². The third-order valence-corrected chi connectivity index (χ3v) is 5.08. The summed E-state index contributed by atoms with van der Waals surface area (Å²) in [5.41, 5.74) is 0.798. The lowest BCUT2D eigenvalue weighted by Gasteiger charge is -2.09. The summed E-state index contributed by atoms with van der Waals surface area (Å²) < 4.78 is 9.16. The van der Waals surface area contributed by atoms with Crippen molar-refractivity contribution in [2.75, 3.05) is 12.4 Å². The van der Waals surface area contributed by atoms with Crippen molar-refractivity contribution in [2.45, 2.75) is 24.1 Å². The molecule has 6 nitrogen and oxygen atoms in total. The smallest absolute Gasteiger partial charge is 0.262 e. The fraction of sp³-hybridized carbons (Fsp3) is 0.400. The summed E-state index contributed by atoms with van der Waals surface area (Å²) in [4.78, 5) is 12.4. The standard InChI is InChI=1S/C15H16N4O2S/c1-18-13(20)11-6-2-3-7-12(11)19-14(18)16-17-15(19)22-9-10-5-4-8-21-10/h2-3,6-7,10H,4-5,8-9H2,1H3. The molecule has 1 aliphatic heterocycles. The molecule has 0 saturated carbocycles. The molecule has 114 valence electrons. The molecule has 0 spiro atoms. The molecule has 1 unspecified atom stereocenters. The number of thioether (sulfide) groups is 1. The average molecular weight is 316 g/mol. The molecule has 2 aromatic heterocycles. The van der Waals surface area contributed by atoms with Gasteiger partial charge in [-0.1, -0.05) is 23.9 Å². The van der Waals surface area contributed by atoms with Crippen LogP contribution in [-0.4, -0.2) is 37.6 Å². The van der Waals surface area contributed by atoms with Crippen LogP contribution in [-0.2, 0) is 11.8 Å². The summed E-state index contributed by atoms with van der Waals surface area (Å²) in [7, 11) is 1.73. The Kier molecular flexibility index (Phi) is 3.38. The quantitative estimate of drug-likeness (QED) is 0.690. The van der Waals surface area contributed by atoms with Crippen molar-refractivity contribution in [2.24, 2.45) is 7.05 Å². The van der Waals surface area contributed by atoms with E-state index in [1.54, 1.807) is 23.4 Å². The number of nitrogens with zero attached hydrogens (tertiary/aromatic N) is 4. The number of benzene rings is 1. The minimum atomic E-state index is -0.0498. The van der Waals surface area contributed by atoms with Crippen LogP contribution in [0, 0.1) is 0 Å². The van der Waals surface area contributed by atoms with Crippen LogP contribution in [0.1, 0.15) is 12.8 Å². The monoisotopic (exact) mass is 316 g/mol. The molecule has 3 heterocycles. The Balaban J connectivity index is 1.84. The molecular weight excluding hydrogens is 300 g/mol. The molecule has 0 bridgehead atoms. The Morgan fingerprint density at radius 3 is 3.05 bits per heavy atom. The Labute approximate surface area is 131 Å². The van der Waals surface area contributed by atoms with Gasteiger partial charge in [-0.3, -0.25) is 13.8 Å². The van der Waals surface area contributed by atoms with Crippen LogP contribution < -0.4 is 5.56 Å². The van der Waals surface area contributed by atoms with E-state index in [1.807, 2.05) is 28.7 Å². The first kappa shape index (κ1) is 13.8. The SMILES string of the molecule is Cn1c(=O)c2ccccc2n2c(SCC3CCCO3)nnc12. The zero-order valence-electron chi connectivity index (χ0n) is 12.2. The molecule has 1 atom stereocenters. The van der Waals surface area contributed by atoms with Gasteiger partial charge in [0.2, 0.25) is 5.78 Å². The minimum absolute atomic E-state index is 0.0498. The number of para-hydroxylation sites is 1. The van der Waals surface area contributed by atoms with Crippen LogP contribution in [0.4, 0.5) is 0 Å². The highest BCUT2D eigenvalue weighted by atomic mass is 32.2. The van der Waals surface area contributed by atoms with E-state index >= 15 is 0 Å². The Morgan fingerprint density at radius 1 is 1.36 bits per heavy atom.